The molecule has 9 heteroatoms. The molecule has 0 saturated carbocycles. The quantitative estimate of drug-likeness (QED) is 0.362. The third-order valence-electron chi connectivity index (χ3n) is 6.60. The Bertz CT molecular complexity index is 1310. The van der Waals surface area contributed by atoms with Gasteiger partial charge >= 0.3 is 0 Å². The first-order valence-corrected chi connectivity index (χ1v) is 13.4. The van der Waals surface area contributed by atoms with E-state index in [9.17, 15) is 13.2 Å². The summed E-state index contributed by atoms with van der Waals surface area (Å²) >= 11 is 0. The second kappa shape index (κ2) is 10.3. The molecule has 0 bridgehead atoms. The van der Waals surface area contributed by atoms with E-state index in [4.69, 9.17) is 9.94 Å². The third-order valence-corrected chi connectivity index (χ3v) is 8.37. The molecular weight excluding hydrogens is 466 g/mol. The highest BCUT2D eigenvalue weighted by Gasteiger charge is 2.42. The SMILES string of the molecule is Cc1cc(COc2ccc(S(=O)(=O)C[C@H]3[C@@H](C(=O)NO)CCN3C(C)C)cc2)c2ccccc2n1. The molecule has 1 aromatic heterocycles. The Kier molecular flexibility index (Phi) is 7.39. The number of ether oxygens (including phenoxy) is 1. The average molecular weight is 498 g/mol. The smallest absolute Gasteiger partial charge is 0.248 e. The Hall–Kier alpha value is -3.01. The second-order valence-electron chi connectivity index (χ2n) is 9.25. The van der Waals surface area contributed by atoms with Crippen LogP contribution in [0.15, 0.2) is 59.5 Å². The number of hydrogen-bond donors (Lipinski definition) is 2. The van der Waals surface area contributed by atoms with E-state index in [0.29, 0.717) is 25.3 Å². The number of pyridine rings is 1. The molecule has 1 amide bonds. The molecule has 0 aliphatic carbocycles. The number of rotatable bonds is 8. The van der Waals surface area contributed by atoms with E-state index in [0.717, 1.165) is 22.2 Å². The van der Waals surface area contributed by atoms with E-state index in [-0.39, 0.29) is 16.7 Å². The fraction of sp³-hybridized carbons (Fsp3) is 0.385. The first kappa shape index (κ1) is 25.1. The Labute approximate surface area is 205 Å². The van der Waals surface area contributed by atoms with E-state index in [1.165, 1.54) is 12.1 Å². The van der Waals surface area contributed by atoms with Crippen LogP contribution in [0.2, 0.25) is 0 Å². The minimum atomic E-state index is -3.67. The van der Waals surface area contributed by atoms with E-state index < -0.39 is 27.7 Å². The zero-order chi connectivity index (χ0) is 25.2. The lowest BCUT2D eigenvalue weighted by Crippen LogP contribution is -2.46. The number of carbonyl (C=O) groups is 1. The third kappa shape index (κ3) is 5.47. The van der Waals surface area contributed by atoms with Crippen LogP contribution >= 0.6 is 0 Å². The van der Waals surface area contributed by atoms with Crippen molar-refractivity contribution in [1.82, 2.24) is 15.4 Å². The fourth-order valence-electron chi connectivity index (χ4n) is 4.86. The Morgan fingerprint density at radius 2 is 1.91 bits per heavy atom. The van der Waals surface area contributed by atoms with Gasteiger partial charge in [0, 0.05) is 28.7 Å². The van der Waals surface area contributed by atoms with E-state index >= 15 is 0 Å². The minimum absolute atomic E-state index is 0.0790. The van der Waals surface area contributed by atoms with Crippen molar-refractivity contribution in [3.63, 3.8) is 0 Å². The van der Waals surface area contributed by atoms with Gasteiger partial charge in [0.05, 0.1) is 22.1 Å². The van der Waals surface area contributed by atoms with Crippen molar-refractivity contribution in [2.75, 3.05) is 12.3 Å². The summed E-state index contributed by atoms with van der Waals surface area (Å²) in [7, 11) is -3.67. The molecule has 1 saturated heterocycles. The topological polar surface area (TPSA) is 109 Å². The number of carbonyl (C=O) groups excluding carboxylic acids is 1. The van der Waals surface area contributed by atoms with Crippen LogP contribution in [-0.2, 0) is 21.2 Å². The molecule has 2 N–H and O–H groups in total. The summed E-state index contributed by atoms with van der Waals surface area (Å²) in [5.74, 6) is -0.773. The van der Waals surface area contributed by atoms with Gasteiger partial charge in [-0.15, -0.1) is 0 Å². The molecular formula is C26H31N3O5S. The van der Waals surface area contributed by atoms with Crippen molar-refractivity contribution in [3.8, 4) is 5.75 Å². The van der Waals surface area contributed by atoms with Crippen LogP contribution in [0, 0.1) is 12.8 Å². The zero-order valence-electron chi connectivity index (χ0n) is 20.1. The van der Waals surface area contributed by atoms with Crippen molar-refractivity contribution in [2.24, 2.45) is 5.92 Å². The molecule has 2 atom stereocenters. The van der Waals surface area contributed by atoms with Gasteiger partial charge in [0.2, 0.25) is 5.91 Å². The van der Waals surface area contributed by atoms with Crippen LogP contribution in [0.25, 0.3) is 10.9 Å². The van der Waals surface area contributed by atoms with Gasteiger partial charge in [0.1, 0.15) is 12.4 Å². The van der Waals surface area contributed by atoms with Crippen LogP contribution in [0.5, 0.6) is 5.75 Å². The molecule has 8 nitrogen and oxygen atoms in total. The highest BCUT2D eigenvalue weighted by molar-refractivity contribution is 7.91. The van der Waals surface area contributed by atoms with Crippen LogP contribution in [0.4, 0.5) is 0 Å². The van der Waals surface area contributed by atoms with Crippen molar-refractivity contribution in [3.05, 3.63) is 65.9 Å². The zero-order valence-corrected chi connectivity index (χ0v) is 21.0. The lowest BCUT2D eigenvalue weighted by atomic mass is 10.0. The molecule has 2 aromatic carbocycles. The standard InChI is InChI=1S/C26H31N3O5S/c1-17(2)29-13-12-23(26(30)28-31)25(29)16-35(32,33)21-10-8-20(9-11-21)34-15-19-14-18(3)27-24-7-5-4-6-22(19)24/h4-11,14,17,23,25,31H,12-13,15-16H2,1-3H3,(H,28,30)/t23-,25-/m0/s1. The van der Waals surface area contributed by atoms with E-state index in [2.05, 4.69) is 4.98 Å². The summed E-state index contributed by atoms with van der Waals surface area (Å²) < 4.78 is 32.4. The number of hydrogen-bond acceptors (Lipinski definition) is 7. The monoisotopic (exact) mass is 497 g/mol. The molecule has 1 aliphatic heterocycles. The number of likely N-dealkylation sites (tertiary alicyclic amines) is 1. The maximum Gasteiger partial charge on any atom is 0.248 e. The minimum Gasteiger partial charge on any atom is -0.489 e. The molecule has 186 valence electrons. The lowest BCUT2D eigenvalue weighted by molar-refractivity contribution is -0.134. The summed E-state index contributed by atoms with van der Waals surface area (Å²) in [5, 5.41) is 10.1. The fourth-order valence-corrected chi connectivity index (χ4v) is 6.48. The number of nitrogens with zero attached hydrogens (tertiary/aromatic N) is 2. The molecule has 4 rings (SSSR count). The highest BCUT2D eigenvalue weighted by Crippen LogP contribution is 2.30. The molecule has 1 aliphatic rings. The normalized spacial score (nSPS) is 18.8. The predicted molar refractivity (Wildman–Crippen MR) is 133 cm³/mol. The van der Waals surface area contributed by atoms with Crippen molar-refractivity contribution in [2.45, 2.75) is 50.8 Å². The predicted octanol–water partition coefficient (Wildman–Crippen LogP) is 3.50. The van der Waals surface area contributed by atoms with Gasteiger partial charge in [-0.05, 0) is 70.1 Å². The number of fused-ring (bicyclic) bond motifs is 1. The second-order valence-corrected chi connectivity index (χ2v) is 11.3. The number of nitrogens with one attached hydrogen (secondary N) is 1. The molecule has 1 fully saturated rings. The first-order valence-electron chi connectivity index (χ1n) is 11.7. The first-order chi connectivity index (χ1) is 16.7. The van der Waals surface area contributed by atoms with Gasteiger partial charge in [-0.3, -0.25) is 19.9 Å². The molecule has 0 unspecified atom stereocenters. The van der Waals surface area contributed by atoms with Crippen molar-refractivity contribution < 1.29 is 23.2 Å². The Morgan fingerprint density at radius 3 is 2.60 bits per heavy atom. The molecule has 35 heavy (non-hydrogen) atoms. The molecule has 0 radical (unpaired) electrons. The van der Waals surface area contributed by atoms with Crippen LogP contribution < -0.4 is 10.2 Å². The number of aromatic nitrogens is 1. The summed E-state index contributed by atoms with van der Waals surface area (Å²) in [6.45, 7) is 6.82. The number of sulfone groups is 1. The Balaban J connectivity index is 1.48. The van der Waals surface area contributed by atoms with Crippen molar-refractivity contribution >= 4 is 26.6 Å². The summed E-state index contributed by atoms with van der Waals surface area (Å²) in [6, 6.07) is 15.8. The number of aryl methyl sites for hydroxylation is 1. The lowest BCUT2D eigenvalue weighted by Gasteiger charge is -2.30. The average Bonchev–Trinajstić information content (AvgIpc) is 3.25. The van der Waals surface area contributed by atoms with Gasteiger partial charge in [-0.2, -0.15) is 0 Å². The van der Waals surface area contributed by atoms with E-state index in [1.54, 1.807) is 17.6 Å². The summed E-state index contributed by atoms with van der Waals surface area (Å²) in [4.78, 5) is 18.9. The van der Waals surface area contributed by atoms with Gasteiger partial charge in [0.15, 0.2) is 9.84 Å². The summed E-state index contributed by atoms with van der Waals surface area (Å²) in [5.41, 5.74) is 4.51. The summed E-state index contributed by atoms with van der Waals surface area (Å²) in [6.07, 6.45) is 0.501. The number of hydroxylamine groups is 1. The van der Waals surface area contributed by atoms with Crippen molar-refractivity contribution in [1.29, 1.82) is 0 Å². The molecule has 0 spiro atoms. The van der Waals surface area contributed by atoms with Gasteiger partial charge in [-0.1, -0.05) is 18.2 Å². The number of benzene rings is 2. The molecule has 2 heterocycles. The van der Waals surface area contributed by atoms with Gasteiger partial charge < -0.3 is 4.74 Å². The van der Waals surface area contributed by atoms with Gasteiger partial charge in [0.25, 0.3) is 0 Å². The largest absolute Gasteiger partial charge is 0.489 e. The van der Waals surface area contributed by atoms with Crippen LogP contribution in [0.3, 0.4) is 0 Å². The highest BCUT2D eigenvalue weighted by atomic mass is 32.2. The Morgan fingerprint density at radius 1 is 1.20 bits per heavy atom. The van der Waals surface area contributed by atoms with Crippen LogP contribution in [-0.4, -0.2) is 53.8 Å². The van der Waals surface area contributed by atoms with Crippen LogP contribution in [0.1, 0.15) is 31.5 Å². The maximum absolute atomic E-state index is 13.2. The van der Waals surface area contributed by atoms with E-state index in [1.807, 2.05) is 56.0 Å². The number of para-hydroxylation sites is 1. The number of amides is 1. The van der Waals surface area contributed by atoms with Gasteiger partial charge in [-0.25, -0.2) is 13.9 Å². The molecule has 3 aromatic rings. The maximum atomic E-state index is 13.2.